The van der Waals surface area contributed by atoms with Crippen LogP contribution in [-0.4, -0.2) is 30.7 Å². The van der Waals surface area contributed by atoms with Crippen molar-refractivity contribution in [2.45, 2.75) is 25.0 Å². The Morgan fingerprint density at radius 3 is 2.78 bits per heavy atom. The topological polar surface area (TPSA) is 38.5 Å². The third kappa shape index (κ3) is 3.25. The van der Waals surface area contributed by atoms with Gasteiger partial charge in [0.25, 0.3) is 0 Å². The number of nitrogens with zero attached hydrogens (tertiary/aromatic N) is 1. The Labute approximate surface area is 114 Å². The fourth-order valence-corrected chi connectivity index (χ4v) is 3.28. The lowest BCUT2D eigenvalue weighted by Crippen LogP contribution is -2.26. The highest BCUT2D eigenvalue weighted by Crippen LogP contribution is 2.33. The zero-order chi connectivity index (χ0) is 13.2. The summed E-state index contributed by atoms with van der Waals surface area (Å²) in [4.78, 5) is 2.40. The number of hydrogen-bond donors (Lipinski definition) is 1. The summed E-state index contributed by atoms with van der Waals surface area (Å²) in [6.07, 6.45) is 1.19. The zero-order valence-electron chi connectivity index (χ0n) is 11.4. The number of nitrogen functional groups attached to an aromatic ring is 1. The molecule has 0 saturated carbocycles. The minimum absolute atomic E-state index is 0.374. The smallest absolute Gasteiger partial charge is 0.122 e. The van der Waals surface area contributed by atoms with Gasteiger partial charge in [0.2, 0.25) is 0 Å². The van der Waals surface area contributed by atoms with Crippen molar-refractivity contribution in [3.63, 3.8) is 0 Å². The standard InChI is InChI=1S/C14H22N2OS/c1-14(2)4-5-16(6-7-18-14)12-8-11(15)9-13(10-12)17-3/h8-10H,4-7,15H2,1-3H3. The SMILES string of the molecule is COc1cc(N)cc(N2CCSC(C)(C)CC2)c1. The molecule has 1 heterocycles. The summed E-state index contributed by atoms with van der Waals surface area (Å²) in [6, 6.07) is 5.96. The van der Waals surface area contributed by atoms with Crippen molar-refractivity contribution in [2.75, 3.05) is 36.6 Å². The van der Waals surface area contributed by atoms with E-state index >= 15 is 0 Å². The average molecular weight is 266 g/mol. The summed E-state index contributed by atoms with van der Waals surface area (Å²) in [5.41, 5.74) is 7.86. The van der Waals surface area contributed by atoms with Gasteiger partial charge >= 0.3 is 0 Å². The molecule has 100 valence electrons. The highest BCUT2D eigenvalue weighted by Gasteiger charge is 2.24. The van der Waals surface area contributed by atoms with Crippen LogP contribution in [0, 0.1) is 0 Å². The van der Waals surface area contributed by atoms with Crippen LogP contribution in [0.2, 0.25) is 0 Å². The Morgan fingerprint density at radius 1 is 1.28 bits per heavy atom. The molecule has 0 unspecified atom stereocenters. The molecule has 2 rings (SSSR count). The van der Waals surface area contributed by atoms with Crippen LogP contribution in [0.15, 0.2) is 18.2 Å². The van der Waals surface area contributed by atoms with Crippen LogP contribution in [0.5, 0.6) is 5.75 Å². The lowest BCUT2D eigenvalue weighted by molar-refractivity contribution is 0.415. The largest absolute Gasteiger partial charge is 0.497 e. The van der Waals surface area contributed by atoms with Gasteiger partial charge in [-0.05, 0) is 12.5 Å². The molecule has 0 aromatic heterocycles. The predicted molar refractivity (Wildman–Crippen MR) is 80.8 cm³/mol. The summed E-state index contributed by atoms with van der Waals surface area (Å²) in [6.45, 7) is 6.79. The number of nitrogens with two attached hydrogens (primary N) is 1. The molecule has 0 amide bonds. The minimum atomic E-state index is 0.374. The highest BCUT2D eigenvalue weighted by atomic mass is 32.2. The molecule has 0 spiro atoms. The van der Waals surface area contributed by atoms with Crippen molar-refractivity contribution in [3.8, 4) is 5.75 Å². The van der Waals surface area contributed by atoms with Crippen molar-refractivity contribution in [1.29, 1.82) is 0 Å². The van der Waals surface area contributed by atoms with Crippen molar-refractivity contribution in [1.82, 2.24) is 0 Å². The van der Waals surface area contributed by atoms with Crippen LogP contribution in [0.1, 0.15) is 20.3 Å². The molecular formula is C14H22N2OS. The maximum Gasteiger partial charge on any atom is 0.122 e. The quantitative estimate of drug-likeness (QED) is 0.835. The fourth-order valence-electron chi connectivity index (χ4n) is 2.18. The minimum Gasteiger partial charge on any atom is -0.497 e. The number of hydrogen-bond acceptors (Lipinski definition) is 4. The summed E-state index contributed by atoms with van der Waals surface area (Å²) >= 11 is 2.05. The van der Waals surface area contributed by atoms with Crippen LogP contribution < -0.4 is 15.4 Å². The van der Waals surface area contributed by atoms with E-state index in [0.717, 1.165) is 30.3 Å². The van der Waals surface area contributed by atoms with Gasteiger partial charge in [0.15, 0.2) is 0 Å². The molecule has 2 N–H and O–H groups in total. The van der Waals surface area contributed by atoms with Crippen molar-refractivity contribution >= 4 is 23.1 Å². The highest BCUT2D eigenvalue weighted by molar-refractivity contribution is 8.00. The Hall–Kier alpha value is -1.03. The number of anilines is 2. The summed E-state index contributed by atoms with van der Waals surface area (Å²) in [5.74, 6) is 1.99. The molecule has 0 radical (unpaired) electrons. The number of benzene rings is 1. The van der Waals surface area contributed by atoms with Crippen LogP contribution in [0.4, 0.5) is 11.4 Å². The second kappa shape index (κ2) is 5.31. The van der Waals surface area contributed by atoms with Gasteiger partial charge in [-0.3, -0.25) is 0 Å². The third-order valence-corrected chi connectivity index (χ3v) is 4.72. The van der Waals surface area contributed by atoms with Crippen LogP contribution in [-0.2, 0) is 0 Å². The summed E-state index contributed by atoms with van der Waals surface area (Å²) < 4.78 is 5.66. The molecule has 1 aliphatic heterocycles. The van der Waals surface area contributed by atoms with Gasteiger partial charge in [-0.2, -0.15) is 11.8 Å². The first-order chi connectivity index (χ1) is 8.50. The van der Waals surface area contributed by atoms with E-state index in [0.29, 0.717) is 4.75 Å². The van der Waals surface area contributed by atoms with Crippen LogP contribution in [0.25, 0.3) is 0 Å². The van der Waals surface area contributed by atoms with Gasteiger partial charge in [0, 0.05) is 47.1 Å². The molecular weight excluding hydrogens is 244 g/mol. The molecule has 1 aromatic rings. The van der Waals surface area contributed by atoms with Gasteiger partial charge in [0.1, 0.15) is 5.75 Å². The van der Waals surface area contributed by atoms with E-state index < -0.39 is 0 Å². The van der Waals surface area contributed by atoms with Crippen LogP contribution in [0.3, 0.4) is 0 Å². The molecule has 3 nitrogen and oxygen atoms in total. The van der Waals surface area contributed by atoms with Crippen molar-refractivity contribution in [3.05, 3.63) is 18.2 Å². The molecule has 4 heteroatoms. The maximum absolute atomic E-state index is 5.92. The first kappa shape index (κ1) is 13.4. The van der Waals surface area contributed by atoms with E-state index in [4.69, 9.17) is 10.5 Å². The van der Waals surface area contributed by atoms with Crippen molar-refractivity contribution < 1.29 is 4.74 Å². The number of ether oxygens (including phenoxy) is 1. The Kier molecular flexibility index (Phi) is 3.95. The predicted octanol–water partition coefficient (Wildman–Crippen LogP) is 3.00. The molecule has 0 aliphatic carbocycles. The second-order valence-electron chi connectivity index (χ2n) is 5.31. The lowest BCUT2D eigenvalue weighted by atomic mass is 10.1. The van der Waals surface area contributed by atoms with Gasteiger partial charge in [-0.25, -0.2) is 0 Å². The van der Waals surface area contributed by atoms with Gasteiger partial charge < -0.3 is 15.4 Å². The van der Waals surface area contributed by atoms with E-state index in [2.05, 4.69) is 24.8 Å². The first-order valence-corrected chi connectivity index (χ1v) is 7.32. The zero-order valence-corrected chi connectivity index (χ0v) is 12.2. The Bertz CT molecular complexity index is 420. The molecule has 1 aliphatic rings. The lowest BCUT2D eigenvalue weighted by Gasteiger charge is -2.24. The van der Waals surface area contributed by atoms with Gasteiger partial charge in [-0.15, -0.1) is 0 Å². The van der Waals surface area contributed by atoms with E-state index in [9.17, 15) is 0 Å². The van der Waals surface area contributed by atoms with E-state index in [1.165, 1.54) is 12.1 Å². The number of rotatable bonds is 2. The van der Waals surface area contributed by atoms with Gasteiger partial charge in [0.05, 0.1) is 7.11 Å². The monoisotopic (exact) mass is 266 g/mol. The Balaban J connectivity index is 2.18. The average Bonchev–Trinajstić information content (AvgIpc) is 2.49. The van der Waals surface area contributed by atoms with E-state index in [1.807, 2.05) is 23.9 Å². The number of thioether (sulfide) groups is 1. The fraction of sp³-hybridized carbons (Fsp3) is 0.571. The molecule has 0 bridgehead atoms. The normalized spacial score (nSPS) is 19.4. The molecule has 1 fully saturated rings. The van der Waals surface area contributed by atoms with Crippen LogP contribution >= 0.6 is 11.8 Å². The third-order valence-electron chi connectivity index (χ3n) is 3.35. The second-order valence-corrected chi connectivity index (χ2v) is 7.11. The molecule has 1 aromatic carbocycles. The van der Waals surface area contributed by atoms with E-state index in [1.54, 1.807) is 7.11 Å². The Morgan fingerprint density at radius 2 is 2.06 bits per heavy atom. The van der Waals surface area contributed by atoms with Gasteiger partial charge in [-0.1, -0.05) is 13.8 Å². The molecule has 1 saturated heterocycles. The number of methoxy groups -OCH3 is 1. The molecule has 0 atom stereocenters. The maximum atomic E-state index is 5.92. The summed E-state index contributed by atoms with van der Waals surface area (Å²) in [5, 5.41) is 0. The van der Waals surface area contributed by atoms with E-state index in [-0.39, 0.29) is 0 Å². The molecule has 18 heavy (non-hydrogen) atoms. The summed E-state index contributed by atoms with van der Waals surface area (Å²) in [7, 11) is 1.68. The first-order valence-electron chi connectivity index (χ1n) is 6.34. The van der Waals surface area contributed by atoms with Crippen molar-refractivity contribution in [2.24, 2.45) is 0 Å².